The normalized spacial score (nSPS) is 10.0. The summed E-state index contributed by atoms with van der Waals surface area (Å²) in [6.07, 6.45) is 4.06. The molecule has 1 N–H and O–H groups in total. The molecule has 0 amide bonds. The zero-order valence-corrected chi connectivity index (χ0v) is 7.23. The molecule has 0 saturated carbocycles. The van der Waals surface area contributed by atoms with Gasteiger partial charge in [0.2, 0.25) is 0 Å². The number of carbonyl (C=O) groups excluding carboxylic acids is 1. The lowest BCUT2D eigenvalue weighted by atomic mass is 10.4. The average Bonchev–Trinajstić information content (AvgIpc) is 2.64. The Bertz CT molecular complexity index is 490. The number of nitrogens with one attached hydrogen (secondary N) is 1. The van der Waals surface area contributed by atoms with Crippen molar-refractivity contribution in [2.75, 3.05) is 0 Å². The third-order valence-corrected chi connectivity index (χ3v) is 1.63. The number of aromatic nitrogens is 3. The molecular formula is C9H7N3O2. The highest BCUT2D eigenvalue weighted by molar-refractivity contribution is 5.84. The number of hydrogen-bond donors (Lipinski definition) is 1. The first kappa shape index (κ1) is 8.43. The number of aromatic amines is 1. The fourth-order valence-corrected chi connectivity index (χ4v) is 1.02. The average molecular weight is 189 g/mol. The number of pyridine rings is 1. The first-order valence-electron chi connectivity index (χ1n) is 3.93. The minimum atomic E-state index is -0.512. The fourth-order valence-electron chi connectivity index (χ4n) is 1.02. The van der Waals surface area contributed by atoms with Crippen molar-refractivity contribution in [3.05, 3.63) is 31.2 Å². The lowest BCUT2D eigenvalue weighted by molar-refractivity contribution is -0.128. The maximum Gasteiger partial charge on any atom is 0.335 e. The van der Waals surface area contributed by atoms with E-state index >= 15 is 0 Å². The molecule has 0 unspecified atom stereocenters. The zero-order valence-electron chi connectivity index (χ0n) is 7.23. The lowest BCUT2D eigenvalue weighted by Crippen LogP contribution is -2.03. The Morgan fingerprint density at radius 3 is 3.21 bits per heavy atom. The van der Waals surface area contributed by atoms with E-state index in [-0.39, 0.29) is 0 Å². The summed E-state index contributed by atoms with van der Waals surface area (Å²) in [5.74, 6) is -0.156. The number of esters is 1. The van der Waals surface area contributed by atoms with Crippen molar-refractivity contribution in [2.45, 2.75) is 0 Å². The van der Waals surface area contributed by atoms with Crippen LogP contribution in [-0.4, -0.2) is 20.9 Å². The SMILES string of the molecule is C=CC(=O)Oc1cnc2[nH]cnc2c1. The van der Waals surface area contributed by atoms with Crippen molar-refractivity contribution in [2.24, 2.45) is 0 Å². The van der Waals surface area contributed by atoms with E-state index in [2.05, 4.69) is 21.5 Å². The Morgan fingerprint density at radius 2 is 2.43 bits per heavy atom. The van der Waals surface area contributed by atoms with E-state index in [9.17, 15) is 4.79 Å². The van der Waals surface area contributed by atoms with Gasteiger partial charge >= 0.3 is 5.97 Å². The Kier molecular flexibility index (Phi) is 1.98. The number of carbonyl (C=O) groups is 1. The monoisotopic (exact) mass is 189 g/mol. The van der Waals surface area contributed by atoms with Gasteiger partial charge in [-0.2, -0.15) is 0 Å². The van der Waals surface area contributed by atoms with Crippen LogP contribution in [0, 0.1) is 0 Å². The summed E-state index contributed by atoms with van der Waals surface area (Å²) in [6.45, 7) is 3.29. The van der Waals surface area contributed by atoms with Crippen molar-refractivity contribution in [1.82, 2.24) is 15.0 Å². The van der Waals surface area contributed by atoms with Gasteiger partial charge in [0.15, 0.2) is 11.4 Å². The molecule has 2 aromatic rings. The van der Waals surface area contributed by atoms with Crippen LogP contribution in [0.5, 0.6) is 5.75 Å². The van der Waals surface area contributed by atoms with E-state index in [0.29, 0.717) is 16.9 Å². The van der Waals surface area contributed by atoms with Gasteiger partial charge in [-0.25, -0.2) is 14.8 Å². The molecule has 0 aliphatic rings. The van der Waals surface area contributed by atoms with Gasteiger partial charge in [0.1, 0.15) is 5.52 Å². The van der Waals surface area contributed by atoms with E-state index in [0.717, 1.165) is 6.08 Å². The predicted octanol–water partition coefficient (Wildman–Crippen LogP) is 1.05. The number of fused-ring (bicyclic) bond motifs is 1. The Labute approximate surface area is 79.4 Å². The molecular weight excluding hydrogens is 182 g/mol. The summed E-state index contributed by atoms with van der Waals surface area (Å²) in [5.41, 5.74) is 1.31. The van der Waals surface area contributed by atoms with Gasteiger partial charge in [0, 0.05) is 12.1 Å². The molecule has 0 atom stereocenters. The Balaban J connectivity index is 2.34. The smallest absolute Gasteiger partial charge is 0.335 e. The molecule has 0 saturated heterocycles. The topological polar surface area (TPSA) is 67.9 Å². The number of H-pyrrole nitrogens is 1. The molecule has 0 aliphatic carbocycles. The summed E-state index contributed by atoms with van der Waals surface area (Å²) in [6, 6.07) is 1.63. The molecule has 2 aromatic heterocycles. The van der Waals surface area contributed by atoms with Crippen molar-refractivity contribution < 1.29 is 9.53 Å². The standard InChI is InChI=1S/C9H7N3O2/c1-2-8(13)14-6-3-7-9(10-4-6)12-5-11-7/h2-5H,1H2,(H,10,11,12). The molecule has 2 rings (SSSR count). The maximum atomic E-state index is 10.9. The van der Waals surface area contributed by atoms with Gasteiger partial charge in [-0.15, -0.1) is 0 Å². The van der Waals surface area contributed by atoms with E-state index in [1.807, 2.05) is 0 Å². The summed E-state index contributed by atoms with van der Waals surface area (Å²) in [4.78, 5) is 21.7. The fraction of sp³-hybridized carbons (Fsp3) is 0. The number of nitrogens with zero attached hydrogens (tertiary/aromatic N) is 2. The highest BCUT2D eigenvalue weighted by Crippen LogP contribution is 2.14. The molecule has 70 valence electrons. The second-order valence-electron chi connectivity index (χ2n) is 2.57. The molecule has 0 aliphatic heterocycles. The van der Waals surface area contributed by atoms with Crippen LogP contribution in [0.4, 0.5) is 0 Å². The molecule has 5 nitrogen and oxygen atoms in total. The summed E-state index contributed by atoms with van der Waals surface area (Å²) >= 11 is 0. The van der Waals surface area contributed by atoms with Gasteiger partial charge in [0.25, 0.3) is 0 Å². The first-order chi connectivity index (χ1) is 6.79. The van der Waals surface area contributed by atoms with Gasteiger partial charge in [-0.05, 0) is 0 Å². The molecule has 0 spiro atoms. The molecule has 0 radical (unpaired) electrons. The van der Waals surface area contributed by atoms with Crippen molar-refractivity contribution in [1.29, 1.82) is 0 Å². The molecule has 0 bridgehead atoms. The lowest BCUT2D eigenvalue weighted by Gasteiger charge is -1.98. The van der Waals surface area contributed by atoms with Crippen molar-refractivity contribution in [3.8, 4) is 5.75 Å². The van der Waals surface area contributed by atoms with Gasteiger partial charge < -0.3 is 9.72 Å². The van der Waals surface area contributed by atoms with Crippen LogP contribution in [0.2, 0.25) is 0 Å². The van der Waals surface area contributed by atoms with Crippen LogP contribution in [-0.2, 0) is 4.79 Å². The number of ether oxygens (including phenoxy) is 1. The highest BCUT2D eigenvalue weighted by Gasteiger charge is 2.03. The first-order valence-corrected chi connectivity index (χ1v) is 3.93. The van der Waals surface area contributed by atoms with Crippen LogP contribution in [0.1, 0.15) is 0 Å². The molecule has 2 heterocycles. The van der Waals surface area contributed by atoms with Gasteiger partial charge in [0.05, 0.1) is 12.5 Å². The predicted molar refractivity (Wildman–Crippen MR) is 49.7 cm³/mol. The third kappa shape index (κ3) is 1.47. The second-order valence-corrected chi connectivity index (χ2v) is 2.57. The summed E-state index contributed by atoms with van der Waals surface area (Å²) < 4.78 is 4.87. The number of hydrogen-bond acceptors (Lipinski definition) is 4. The van der Waals surface area contributed by atoms with Crippen LogP contribution in [0.3, 0.4) is 0 Å². The minimum Gasteiger partial charge on any atom is -0.422 e. The van der Waals surface area contributed by atoms with E-state index in [1.54, 1.807) is 6.07 Å². The molecule has 0 aromatic carbocycles. The zero-order chi connectivity index (χ0) is 9.97. The van der Waals surface area contributed by atoms with E-state index in [4.69, 9.17) is 4.74 Å². The second kappa shape index (κ2) is 3.29. The Morgan fingerprint density at radius 1 is 1.57 bits per heavy atom. The molecule has 0 fully saturated rings. The molecule has 14 heavy (non-hydrogen) atoms. The van der Waals surface area contributed by atoms with E-state index in [1.165, 1.54) is 12.5 Å². The summed E-state index contributed by atoms with van der Waals surface area (Å²) in [7, 11) is 0. The minimum absolute atomic E-state index is 0.356. The third-order valence-electron chi connectivity index (χ3n) is 1.63. The van der Waals surface area contributed by atoms with Crippen LogP contribution in [0.15, 0.2) is 31.2 Å². The van der Waals surface area contributed by atoms with Gasteiger partial charge in [-0.3, -0.25) is 0 Å². The molecule has 5 heteroatoms. The summed E-state index contributed by atoms with van der Waals surface area (Å²) in [5, 5.41) is 0. The number of rotatable bonds is 2. The van der Waals surface area contributed by atoms with E-state index < -0.39 is 5.97 Å². The number of imidazole rings is 1. The highest BCUT2D eigenvalue weighted by atomic mass is 16.5. The van der Waals surface area contributed by atoms with Gasteiger partial charge in [-0.1, -0.05) is 6.58 Å². The van der Waals surface area contributed by atoms with Crippen LogP contribution < -0.4 is 4.74 Å². The Hall–Kier alpha value is -2.17. The van der Waals surface area contributed by atoms with Crippen LogP contribution >= 0.6 is 0 Å². The van der Waals surface area contributed by atoms with Crippen molar-refractivity contribution in [3.63, 3.8) is 0 Å². The van der Waals surface area contributed by atoms with Crippen molar-refractivity contribution >= 4 is 17.1 Å². The van der Waals surface area contributed by atoms with Crippen LogP contribution in [0.25, 0.3) is 11.2 Å². The quantitative estimate of drug-likeness (QED) is 0.566. The maximum absolute atomic E-state index is 10.9. The largest absolute Gasteiger partial charge is 0.422 e.